The smallest absolute Gasteiger partial charge is 0.408 e. The van der Waals surface area contributed by atoms with E-state index >= 15 is 0 Å². The Kier molecular flexibility index (Phi) is 6.83. The predicted molar refractivity (Wildman–Crippen MR) is 101 cm³/mol. The molecule has 0 bridgehead atoms. The molecule has 136 valence electrons. The Morgan fingerprint density at radius 3 is 2.84 bits per heavy atom. The van der Waals surface area contributed by atoms with Gasteiger partial charge >= 0.3 is 5.76 Å². The molecule has 0 aliphatic heterocycles. The molecule has 1 aromatic carbocycles. The number of rotatable bonds is 6. The molecule has 1 aromatic heterocycles. The molecule has 0 radical (unpaired) electrons. The number of benzene rings is 1. The van der Waals surface area contributed by atoms with E-state index in [2.05, 4.69) is 30.0 Å². The Morgan fingerprint density at radius 1 is 1.36 bits per heavy atom. The SMILES string of the molecule is CC(C)CCNC(=S)NNC(=O)CCn1c(=O)oc2cc(Cl)ccc21. The molecule has 7 nitrogen and oxygen atoms in total. The van der Waals surface area contributed by atoms with Gasteiger partial charge in [-0.1, -0.05) is 25.4 Å². The van der Waals surface area contributed by atoms with E-state index in [4.69, 9.17) is 28.2 Å². The van der Waals surface area contributed by atoms with Gasteiger partial charge in [-0.05, 0) is 36.7 Å². The third kappa shape index (κ3) is 5.75. The first kappa shape index (κ1) is 19.3. The maximum atomic E-state index is 11.9. The minimum Gasteiger partial charge on any atom is -0.408 e. The molecule has 1 heterocycles. The number of aromatic nitrogens is 1. The van der Waals surface area contributed by atoms with Crippen LogP contribution in [0.5, 0.6) is 0 Å². The lowest BCUT2D eigenvalue weighted by molar-refractivity contribution is -0.121. The molecule has 2 aromatic rings. The van der Waals surface area contributed by atoms with Crippen LogP contribution >= 0.6 is 23.8 Å². The van der Waals surface area contributed by atoms with Crippen LogP contribution in [0, 0.1) is 5.92 Å². The van der Waals surface area contributed by atoms with Gasteiger partial charge in [0, 0.05) is 30.6 Å². The standard InChI is InChI=1S/C16H21ClN4O3S/c1-10(2)5-7-18-15(25)20-19-14(22)6-8-21-12-4-3-11(17)9-13(12)24-16(21)23/h3-4,9-10H,5-8H2,1-2H3,(H,19,22)(H2,18,20,25). The zero-order valence-electron chi connectivity index (χ0n) is 14.1. The predicted octanol–water partition coefficient (Wildman–Crippen LogP) is 2.18. The fourth-order valence-electron chi connectivity index (χ4n) is 2.17. The molecule has 0 spiro atoms. The van der Waals surface area contributed by atoms with Crippen LogP contribution in [0.2, 0.25) is 5.02 Å². The number of thiocarbonyl (C=S) groups is 1. The minimum absolute atomic E-state index is 0.0960. The zero-order valence-corrected chi connectivity index (χ0v) is 15.7. The van der Waals surface area contributed by atoms with Crippen LogP contribution in [-0.2, 0) is 11.3 Å². The lowest BCUT2D eigenvalue weighted by Gasteiger charge is -2.12. The number of aryl methyl sites for hydroxylation is 1. The number of nitrogens with one attached hydrogen (secondary N) is 3. The number of oxazole rings is 1. The fraction of sp³-hybridized carbons (Fsp3) is 0.438. The van der Waals surface area contributed by atoms with E-state index in [-0.39, 0.29) is 18.9 Å². The summed E-state index contributed by atoms with van der Waals surface area (Å²) in [4.78, 5) is 23.8. The van der Waals surface area contributed by atoms with E-state index in [1.807, 2.05) is 0 Å². The number of nitrogens with zero attached hydrogens (tertiary/aromatic N) is 1. The number of carbonyl (C=O) groups is 1. The van der Waals surface area contributed by atoms with Gasteiger partial charge in [-0.2, -0.15) is 0 Å². The summed E-state index contributed by atoms with van der Waals surface area (Å²) in [5, 5.41) is 3.84. The highest BCUT2D eigenvalue weighted by Crippen LogP contribution is 2.18. The number of halogens is 1. The monoisotopic (exact) mass is 384 g/mol. The van der Waals surface area contributed by atoms with Gasteiger partial charge in [0.2, 0.25) is 5.91 Å². The first-order valence-corrected chi connectivity index (χ1v) is 8.77. The number of hydrogen-bond acceptors (Lipinski definition) is 4. The number of hydrazine groups is 1. The van der Waals surface area contributed by atoms with E-state index in [0.29, 0.717) is 27.2 Å². The van der Waals surface area contributed by atoms with Crippen molar-refractivity contribution in [1.29, 1.82) is 0 Å². The highest BCUT2D eigenvalue weighted by molar-refractivity contribution is 7.80. The number of carbonyl (C=O) groups excluding carboxylic acids is 1. The normalized spacial score (nSPS) is 10.9. The van der Waals surface area contributed by atoms with Crippen molar-refractivity contribution in [2.75, 3.05) is 6.54 Å². The number of amides is 1. The van der Waals surface area contributed by atoms with Crippen molar-refractivity contribution < 1.29 is 9.21 Å². The molecule has 9 heteroatoms. The van der Waals surface area contributed by atoms with E-state index < -0.39 is 5.76 Å². The Hall–Kier alpha value is -2.06. The van der Waals surface area contributed by atoms with E-state index in [9.17, 15) is 9.59 Å². The van der Waals surface area contributed by atoms with Crippen LogP contribution in [-0.4, -0.2) is 22.1 Å². The average Bonchev–Trinajstić information content (AvgIpc) is 2.84. The lowest BCUT2D eigenvalue weighted by atomic mass is 10.1. The van der Waals surface area contributed by atoms with Crippen LogP contribution in [0.3, 0.4) is 0 Å². The molecular weight excluding hydrogens is 364 g/mol. The quantitative estimate of drug-likeness (QED) is 0.522. The topological polar surface area (TPSA) is 88.3 Å². The van der Waals surface area contributed by atoms with Gasteiger partial charge in [0.15, 0.2) is 10.7 Å². The van der Waals surface area contributed by atoms with Crippen LogP contribution < -0.4 is 21.9 Å². The highest BCUT2D eigenvalue weighted by atomic mass is 35.5. The molecule has 0 saturated heterocycles. The highest BCUT2D eigenvalue weighted by Gasteiger charge is 2.11. The van der Waals surface area contributed by atoms with Crippen molar-refractivity contribution in [3.8, 4) is 0 Å². The third-order valence-corrected chi connectivity index (χ3v) is 4.00. The summed E-state index contributed by atoms with van der Waals surface area (Å²) in [6.07, 6.45) is 1.08. The summed E-state index contributed by atoms with van der Waals surface area (Å²) in [5.41, 5.74) is 6.13. The van der Waals surface area contributed by atoms with E-state index in [0.717, 1.165) is 13.0 Å². The second kappa shape index (κ2) is 8.87. The van der Waals surface area contributed by atoms with Gasteiger partial charge in [0.25, 0.3) is 0 Å². The van der Waals surface area contributed by atoms with Gasteiger partial charge in [-0.3, -0.25) is 20.2 Å². The van der Waals surface area contributed by atoms with Gasteiger partial charge in [0.05, 0.1) is 5.52 Å². The second-order valence-corrected chi connectivity index (χ2v) is 6.84. The maximum Gasteiger partial charge on any atom is 0.419 e. The fourth-order valence-corrected chi connectivity index (χ4v) is 2.49. The molecule has 0 atom stereocenters. The molecule has 1 amide bonds. The van der Waals surface area contributed by atoms with Crippen LogP contribution in [0.25, 0.3) is 11.1 Å². The Labute approximate surface area is 155 Å². The summed E-state index contributed by atoms with van der Waals surface area (Å²) in [6.45, 7) is 5.16. The van der Waals surface area contributed by atoms with Crippen LogP contribution in [0.4, 0.5) is 0 Å². The molecule has 25 heavy (non-hydrogen) atoms. The van der Waals surface area contributed by atoms with Crippen molar-refractivity contribution in [2.45, 2.75) is 33.2 Å². The Balaban J connectivity index is 1.81. The first-order valence-electron chi connectivity index (χ1n) is 7.98. The van der Waals surface area contributed by atoms with Gasteiger partial charge in [0.1, 0.15) is 0 Å². The van der Waals surface area contributed by atoms with Gasteiger partial charge in [-0.15, -0.1) is 0 Å². The Morgan fingerprint density at radius 2 is 2.12 bits per heavy atom. The van der Waals surface area contributed by atoms with Crippen LogP contribution in [0.15, 0.2) is 27.4 Å². The van der Waals surface area contributed by atoms with E-state index in [1.165, 1.54) is 4.57 Å². The van der Waals surface area contributed by atoms with Crippen molar-refractivity contribution in [3.63, 3.8) is 0 Å². The van der Waals surface area contributed by atoms with Crippen molar-refractivity contribution in [3.05, 3.63) is 33.8 Å². The van der Waals surface area contributed by atoms with Crippen LogP contribution in [0.1, 0.15) is 26.7 Å². The molecule has 0 aliphatic rings. The largest absolute Gasteiger partial charge is 0.419 e. The Bertz CT molecular complexity index is 815. The third-order valence-electron chi connectivity index (χ3n) is 3.52. The molecule has 0 unspecified atom stereocenters. The maximum absolute atomic E-state index is 11.9. The summed E-state index contributed by atoms with van der Waals surface area (Å²) >= 11 is 10.9. The van der Waals surface area contributed by atoms with E-state index in [1.54, 1.807) is 18.2 Å². The summed E-state index contributed by atoms with van der Waals surface area (Å²) in [6, 6.07) is 4.92. The number of hydrogen-bond donors (Lipinski definition) is 3. The zero-order chi connectivity index (χ0) is 18.4. The molecule has 3 N–H and O–H groups in total. The number of fused-ring (bicyclic) bond motifs is 1. The van der Waals surface area contributed by atoms with Gasteiger partial charge < -0.3 is 9.73 Å². The second-order valence-electron chi connectivity index (χ2n) is 5.99. The molecular formula is C16H21ClN4O3S. The summed E-state index contributed by atoms with van der Waals surface area (Å²) in [5.74, 6) is -0.241. The summed E-state index contributed by atoms with van der Waals surface area (Å²) < 4.78 is 6.51. The van der Waals surface area contributed by atoms with Crippen molar-refractivity contribution in [2.24, 2.45) is 5.92 Å². The minimum atomic E-state index is -0.524. The summed E-state index contributed by atoms with van der Waals surface area (Å²) in [7, 11) is 0. The molecule has 0 fully saturated rings. The molecule has 0 saturated carbocycles. The van der Waals surface area contributed by atoms with Gasteiger partial charge in [-0.25, -0.2) is 4.79 Å². The first-order chi connectivity index (χ1) is 11.9. The van der Waals surface area contributed by atoms with Crippen molar-refractivity contribution in [1.82, 2.24) is 20.7 Å². The molecule has 0 aliphatic carbocycles. The average molecular weight is 385 g/mol. The van der Waals surface area contributed by atoms with Crippen molar-refractivity contribution >= 4 is 45.9 Å². The molecule has 2 rings (SSSR count). The lowest BCUT2D eigenvalue weighted by Crippen LogP contribution is -2.47.